The van der Waals surface area contributed by atoms with Crippen molar-refractivity contribution >= 4 is 0 Å². The first-order chi connectivity index (χ1) is 8.15. The summed E-state index contributed by atoms with van der Waals surface area (Å²) in [4.78, 5) is 0. The van der Waals surface area contributed by atoms with Gasteiger partial charge >= 0.3 is 0 Å². The molecule has 1 heterocycles. The molecule has 0 bridgehead atoms. The standard InChI is InChI=1S/C13H17N3O/c1-9-4-6-12(7-5-9)10(2)14-8-13-16-15-11(3)17-13/h4-7,10,14H,8H2,1-3H3/t10-/m1/s1. The highest BCUT2D eigenvalue weighted by Crippen LogP contribution is 2.13. The number of nitrogens with zero attached hydrogens (tertiary/aromatic N) is 2. The second-order valence-corrected chi connectivity index (χ2v) is 4.23. The van der Waals surface area contributed by atoms with Crippen LogP contribution in [0.3, 0.4) is 0 Å². The van der Waals surface area contributed by atoms with Gasteiger partial charge in [0.2, 0.25) is 11.8 Å². The molecular formula is C13H17N3O. The zero-order chi connectivity index (χ0) is 12.3. The minimum atomic E-state index is 0.266. The van der Waals surface area contributed by atoms with Crippen molar-refractivity contribution in [2.45, 2.75) is 33.4 Å². The van der Waals surface area contributed by atoms with Crippen LogP contribution in [-0.2, 0) is 6.54 Å². The molecule has 0 aliphatic carbocycles. The van der Waals surface area contributed by atoms with E-state index >= 15 is 0 Å². The second kappa shape index (κ2) is 5.10. The van der Waals surface area contributed by atoms with Crippen molar-refractivity contribution in [2.75, 3.05) is 0 Å². The highest BCUT2D eigenvalue weighted by atomic mass is 16.4. The fourth-order valence-electron chi connectivity index (χ4n) is 1.62. The smallest absolute Gasteiger partial charge is 0.230 e. The Morgan fingerprint density at radius 2 is 1.88 bits per heavy atom. The number of aromatic nitrogens is 2. The lowest BCUT2D eigenvalue weighted by Gasteiger charge is -2.12. The Balaban J connectivity index is 1.93. The van der Waals surface area contributed by atoms with Crippen LogP contribution in [0.4, 0.5) is 0 Å². The van der Waals surface area contributed by atoms with Gasteiger partial charge in [-0.3, -0.25) is 0 Å². The molecule has 0 amide bonds. The predicted molar refractivity (Wildman–Crippen MR) is 65.5 cm³/mol. The molecule has 0 fully saturated rings. The van der Waals surface area contributed by atoms with Crippen LogP contribution in [0.1, 0.15) is 35.9 Å². The number of nitrogens with one attached hydrogen (secondary N) is 1. The summed E-state index contributed by atoms with van der Waals surface area (Å²) >= 11 is 0. The van der Waals surface area contributed by atoms with Gasteiger partial charge in [-0.2, -0.15) is 0 Å². The van der Waals surface area contributed by atoms with Crippen LogP contribution in [0.15, 0.2) is 28.7 Å². The molecule has 0 saturated carbocycles. The van der Waals surface area contributed by atoms with E-state index in [1.165, 1.54) is 11.1 Å². The lowest BCUT2D eigenvalue weighted by Crippen LogP contribution is -2.18. The molecule has 90 valence electrons. The molecule has 0 radical (unpaired) electrons. The van der Waals surface area contributed by atoms with E-state index in [4.69, 9.17) is 4.42 Å². The second-order valence-electron chi connectivity index (χ2n) is 4.23. The maximum Gasteiger partial charge on any atom is 0.230 e. The normalized spacial score (nSPS) is 12.6. The molecule has 4 heteroatoms. The van der Waals surface area contributed by atoms with Crippen molar-refractivity contribution in [3.8, 4) is 0 Å². The summed E-state index contributed by atoms with van der Waals surface area (Å²) in [7, 11) is 0. The summed E-state index contributed by atoms with van der Waals surface area (Å²) in [6.45, 7) is 6.59. The molecule has 0 aliphatic rings. The van der Waals surface area contributed by atoms with E-state index in [1.54, 1.807) is 6.92 Å². The van der Waals surface area contributed by atoms with Crippen molar-refractivity contribution in [3.63, 3.8) is 0 Å². The first kappa shape index (κ1) is 11.8. The molecule has 17 heavy (non-hydrogen) atoms. The first-order valence-electron chi connectivity index (χ1n) is 5.74. The van der Waals surface area contributed by atoms with Gasteiger partial charge in [0.1, 0.15) is 0 Å². The Kier molecular flexibility index (Phi) is 3.54. The highest BCUT2D eigenvalue weighted by molar-refractivity contribution is 5.23. The van der Waals surface area contributed by atoms with Crippen LogP contribution in [0.2, 0.25) is 0 Å². The highest BCUT2D eigenvalue weighted by Gasteiger charge is 2.07. The Bertz CT molecular complexity index is 476. The van der Waals surface area contributed by atoms with Crippen LogP contribution in [0.5, 0.6) is 0 Å². The zero-order valence-corrected chi connectivity index (χ0v) is 10.4. The fraction of sp³-hybridized carbons (Fsp3) is 0.385. The van der Waals surface area contributed by atoms with Gasteiger partial charge in [0, 0.05) is 13.0 Å². The van der Waals surface area contributed by atoms with Gasteiger partial charge in [0.05, 0.1) is 6.54 Å². The van der Waals surface area contributed by atoms with Crippen molar-refractivity contribution in [1.82, 2.24) is 15.5 Å². The maximum atomic E-state index is 5.30. The largest absolute Gasteiger partial charge is 0.424 e. The summed E-state index contributed by atoms with van der Waals surface area (Å²) in [5.74, 6) is 1.23. The van der Waals surface area contributed by atoms with E-state index in [0.29, 0.717) is 18.3 Å². The van der Waals surface area contributed by atoms with Crippen LogP contribution in [0, 0.1) is 13.8 Å². The lowest BCUT2D eigenvalue weighted by atomic mass is 10.1. The van der Waals surface area contributed by atoms with E-state index in [9.17, 15) is 0 Å². The number of hydrogen-bond acceptors (Lipinski definition) is 4. The van der Waals surface area contributed by atoms with Gasteiger partial charge in [-0.15, -0.1) is 10.2 Å². The molecule has 0 unspecified atom stereocenters. The minimum absolute atomic E-state index is 0.266. The van der Waals surface area contributed by atoms with Gasteiger partial charge in [0.15, 0.2) is 0 Å². The molecule has 1 N–H and O–H groups in total. The van der Waals surface area contributed by atoms with Gasteiger partial charge in [-0.25, -0.2) is 0 Å². The van der Waals surface area contributed by atoms with Gasteiger partial charge in [-0.05, 0) is 19.4 Å². The van der Waals surface area contributed by atoms with Crippen molar-refractivity contribution in [2.24, 2.45) is 0 Å². The molecule has 4 nitrogen and oxygen atoms in total. The fourth-order valence-corrected chi connectivity index (χ4v) is 1.62. The molecule has 0 spiro atoms. The van der Waals surface area contributed by atoms with Crippen molar-refractivity contribution < 1.29 is 4.42 Å². The summed E-state index contributed by atoms with van der Waals surface area (Å²) in [5.41, 5.74) is 2.53. The van der Waals surface area contributed by atoms with E-state index in [2.05, 4.69) is 53.6 Å². The van der Waals surface area contributed by atoms with Crippen LogP contribution in [-0.4, -0.2) is 10.2 Å². The molecule has 2 rings (SSSR count). The number of benzene rings is 1. The summed E-state index contributed by atoms with van der Waals surface area (Å²) in [6, 6.07) is 8.76. The van der Waals surface area contributed by atoms with Crippen LogP contribution in [0.25, 0.3) is 0 Å². The average Bonchev–Trinajstić information content (AvgIpc) is 2.73. The Hall–Kier alpha value is -1.68. The Morgan fingerprint density at radius 3 is 2.47 bits per heavy atom. The van der Waals surface area contributed by atoms with Crippen molar-refractivity contribution in [3.05, 3.63) is 47.2 Å². The Morgan fingerprint density at radius 1 is 1.18 bits per heavy atom. The summed E-state index contributed by atoms with van der Waals surface area (Å²) in [5, 5.41) is 11.1. The third-order valence-corrected chi connectivity index (χ3v) is 2.70. The average molecular weight is 231 g/mol. The maximum absolute atomic E-state index is 5.30. The van der Waals surface area contributed by atoms with Gasteiger partial charge in [-0.1, -0.05) is 29.8 Å². The van der Waals surface area contributed by atoms with E-state index in [1.807, 2.05) is 0 Å². The molecule has 1 aromatic carbocycles. The summed E-state index contributed by atoms with van der Waals surface area (Å²) in [6.07, 6.45) is 0. The minimum Gasteiger partial charge on any atom is -0.424 e. The Labute approximate surface area is 101 Å². The lowest BCUT2D eigenvalue weighted by molar-refractivity contribution is 0.430. The van der Waals surface area contributed by atoms with Gasteiger partial charge in [0.25, 0.3) is 0 Å². The van der Waals surface area contributed by atoms with Crippen LogP contribution < -0.4 is 5.32 Å². The molecule has 0 saturated heterocycles. The van der Waals surface area contributed by atoms with E-state index < -0.39 is 0 Å². The summed E-state index contributed by atoms with van der Waals surface area (Å²) < 4.78 is 5.30. The van der Waals surface area contributed by atoms with Crippen molar-refractivity contribution in [1.29, 1.82) is 0 Å². The molecule has 1 atom stereocenters. The van der Waals surface area contributed by atoms with Crippen LogP contribution >= 0.6 is 0 Å². The molecule has 2 aromatic rings. The van der Waals surface area contributed by atoms with E-state index in [0.717, 1.165) is 0 Å². The number of rotatable bonds is 4. The number of hydrogen-bond donors (Lipinski definition) is 1. The molecule has 1 aromatic heterocycles. The quantitative estimate of drug-likeness (QED) is 0.878. The monoisotopic (exact) mass is 231 g/mol. The van der Waals surface area contributed by atoms with E-state index in [-0.39, 0.29) is 6.04 Å². The molecular weight excluding hydrogens is 214 g/mol. The third-order valence-electron chi connectivity index (χ3n) is 2.70. The third kappa shape index (κ3) is 3.14. The zero-order valence-electron chi connectivity index (χ0n) is 10.4. The first-order valence-corrected chi connectivity index (χ1v) is 5.74. The topological polar surface area (TPSA) is 51.0 Å². The predicted octanol–water partition coefficient (Wildman–Crippen LogP) is 2.54. The van der Waals surface area contributed by atoms with Gasteiger partial charge < -0.3 is 9.73 Å². The molecule has 0 aliphatic heterocycles. The number of aryl methyl sites for hydroxylation is 2. The SMILES string of the molecule is Cc1ccc([C@@H](C)NCc2nnc(C)o2)cc1.